The standard InChI is InChI=1S/C18H24N2O3S/c1-11(15(21)10-14-8-6-5-7-9-14)19-17(22)16-12(2)20-18(24-16)13(3)23-4/h5-9,11,13,15,21H,10H2,1-4H3,(H,19,22)/t11-,13+,15+/m0/s1. The number of carbonyl (C=O) groups excluding carboxylic acids is 1. The Morgan fingerprint density at radius 2 is 2.00 bits per heavy atom. The first-order valence-corrected chi connectivity index (χ1v) is 8.77. The summed E-state index contributed by atoms with van der Waals surface area (Å²) in [5.74, 6) is -0.209. The Bertz CT molecular complexity index is 672. The van der Waals surface area contributed by atoms with E-state index in [4.69, 9.17) is 4.74 Å². The van der Waals surface area contributed by atoms with Crippen LogP contribution in [0.1, 0.15) is 45.9 Å². The number of aliphatic hydroxyl groups excluding tert-OH is 1. The zero-order valence-electron chi connectivity index (χ0n) is 14.4. The van der Waals surface area contributed by atoms with E-state index in [-0.39, 0.29) is 18.1 Å². The van der Waals surface area contributed by atoms with Crippen molar-refractivity contribution in [2.45, 2.75) is 45.4 Å². The molecule has 0 saturated carbocycles. The maximum atomic E-state index is 12.5. The van der Waals surface area contributed by atoms with E-state index in [1.807, 2.05) is 44.2 Å². The van der Waals surface area contributed by atoms with Gasteiger partial charge in [0, 0.05) is 13.5 Å². The topological polar surface area (TPSA) is 71.5 Å². The van der Waals surface area contributed by atoms with E-state index < -0.39 is 6.10 Å². The SMILES string of the molecule is CO[C@H](C)c1nc(C)c(C(=O)N[C@@H](C)[C@H](O)Cc2ccccc2)s1. The first kappa shape index (κ1) is 18.6. The molecule has 1 aromatic heterocycles. The number of amides is 1. The number of nitrogens with zero attached hydrogens (tertiary/aromatic N) is 1. The highest BCUT2D eigenvalue weighted by atomic mass is 32.1. The average Bonchev–Trinajstić information content (AvgIpc) is 2.96. The molecule has 2 rings (SSSR count). The molecule has 2 N–H and O–H groups in total. The number of hydrogen-bond donors (Lipinski definition) is 2. The van der Waals surface area contributed by atoms with Crippen LogP contribution in [0.2, 0.25) is 0 Å². The van der Waals surface area contributed by atoms with Crippen molar-refractivity contribution in [2.24, 2.45) is 0 Å². The van der Waals surface area contributed by atoms with Gasteiger partial charge in [0.25, 0.3) is 5.91 Å². The Morgan fingerprint density at radius 1 is 1.33 bits per heavy atom. The highest BCUT2D eigenvalue weighted by Crippen LogP contribution is 2.25. The minimum Gasteiger partial charge on any atom is -0.391 e. The highest BCUT2D eigenvalue weighted by Gasteiger charge is 2.22. The van der Waals surface area contributed by atoms with Crippen LogP contribution in [-0.2, 0) is 11.2 Å². The van der Waals surface area contributed by atoms with Crippen molar-refractivity contribution in [3.8, 4) is 0 Å². The average molecular weight is 348 g/mol. The summed E-state index contributed by atoms with van der Waals surface area (Å²) in [6.45, 7) is 5.51. The molecule has 130 valence electrons. The van der Waals surface area contributed by atoms with Crippen LogP contribution in [-0.4, -0.2) is 35.3 Å². The van der Waals surface area contributed by atoms with E-state index in [0.29, 0.717) is 17.0 Å². The highest BCUT2D eigenvalue weighted by molar-refractivity contribution is 7.13. The van der Waals surface area contributed by atoms with Gasteiger partial charge in [0.2, 0.25) is 0 Å². The summed E-state index contributed by atoms with van der Waals surface area (Å²) in [4.78, 5) is 17.4. The van der Waals surface area contributed by atoms with Crippen molar-refractivity contribution in [2.75, 3.05) is 7.11 Å². The third-order valence-electron chi connectivity index (χ3n) is 3.94. The number of methoxy groups -OCH3 is 1. The molecule has 1 amide bonds. The summed E-state index contributed by atoms with van der Waals surface area (Å²) in [6.07, 6.45) is -0.297. The van der Waals surface area contributed by atoms with Crippen LogP contribution in [0.5, 0.6) is 0 Å². The Hall–Kier alpha value is -1.76. The number of nitrogens with one attached hydrogen (secondary N) is 1. The quantitative estimate of drug-likeness (QED) is 0.807. The Balaban J connectivity index is 1.99. The van der Waals surface area contributed by atoms with E-state index in [0.717, 1.165) is 10.6 Å². The van der Waals surface area contributed by atoms with Crippen LogP contribution in [0.4, 0.5) is 0 Å². The Morgan fingerprint density at radius 3 is 2.62 bits per heavy atom. The van der Waals surface area contributed by atoms with Gasteiger partial charge in [-0.2, -0.15) is 0 Å². The Labute approximate surface area is 146 Å². The molecule has 6 heteroatoms. The second kappa shape index (κ2) is 8.37. The van der Waals surface area contributed by atoms with Gasteiger partial charge >= 0.3 is 0 Å². The minimum atomic E-state index is -0.651. The van der Waals surface area contributed by atoms with Gasteiger partial charge in [0.15, 0.2) is 0 Å². The number of rotatable bonds is 7. The molecule has 0 spiro atoms. The minimum absolute atomic E-state index is 0.142. The number of ether oxygens (including phenoxy) is 1. The molecule has 24 heavy (non-hydrogen) atoms. The zero-order valence-corrected chi connectivity index (χ0v) is 15.3. The van der Waals surface area contributed by atoms with Crippen LogP contribution in [0.15, 0.2) is 30.3 Å². The van der Waals surface area contributed by atoms with Crippen molar-refractivity contribution in [3.05, 3.63) is 51.5 Å². The largest absolute Gasteiger partial charge is 0.391 e. The van der Waals surface area contributed by atoms with Gasteiger partial charge in [-0.15, -0.1) is 11.3 Å². The van der Waals surface area contributed by atoms with Crippen molar-refractivity contribution in [1.29, 1.82) is 0 Å². The van der Waals surface area contributed by atoms with Crippen molar-refractivity contribution in [3.63, 3.8) is 0 Å². The number of aliphatic hydroxyl groups is 1. The molecule has 0 unspecified atom stereocenters. The summed E-state index contributed by atoms with van der Waals surface area (Å²) in [6, 6.07) is 9.37. The smallest absolute Gasteiger partial charge is 0.263 e. The summed E-state index contributed by atoms with van der Waals surface area (Å²) < 4.78 is 5.25. The molecule has 0 aliphatic carbocycles. The second-order valence-corrected chi connectivity index (χ2v) is 6.89. The predicted octanol–water partition coefficient (Wildman–Crippen LogP) is 2.88. The van der Waals surface area contributed by atoms with Crippen LogP contribution in [0, 0.1) is 6.92 Å². The van der Waals surface area contributed by atoms with E-state index in [1.165, 1.54) is 11.3 Å². The van der Waals surface area contributed by atoms with Crippen molar-refractivity contribution in [1.82, 2.24) is 10.3 Å². The van der Waals surface area contributed by atoms with E-state index >= 15 is 0 Å². The van der Waals surface area contributed by atoms with Gasteiger partial charge in [-0.1, -0.05) is 30.3 Å². The first-order chi connectivity index (χ1) is 11.4. The van der Waals surface area contributed by atoms with Gasteiger partial charge in [-0.3, -0.25) is 4.79 Å². The molecule has 0 aliphatic heterocycles. The van der Waals surface area contributed by atoms with Gasteiger partial charge in [0.05, 0.1) is 17.8 Å². The van der Waals surface area contributed by atoms with Gasteiger partial charge in [-0.05, 0) is 26.3 Å². The molecule has 0 bridgehead atoms. The molecule has 3 atom stereocenters. The fourth-order valence-electron chi connectivity index (χ4n) is 2.30. The van der Waals surface area contributed by atoms with Gasteiger partial charge in [0.1, 0.15) is 16.0 Å². The van der Waals surface area contributed by atoms with Crippen molar-refractivity contribution < 1.29 is 14.6 Å². The van der Waals surface area contributed by atoms with E-state index in [2.05, 4.69) is 10.3 Å². The maximum absolute atomic E-state index is 12.5. The zero-order chi connectivity index (χ0) is 17.7. The predicted molar refractivity (Wildman–Crippen MR) is 95.4 cm³/mol. The second-order valence-electron chi connectivity index (χ2n) is 5.86. The molecule has 1 heterocycles. The first-order valence-electron chi connectivity index (χ1n) is 7.95. The molecule has 0 saturated heterocycles. The van der Waals surface area contributed by atoms with Crippen molar-refractivity contribution >= 4 is 17.2 Å². The molecule has 2 aromatic rings. The van der Waals surface area contributed by atoms with E-state index in [9.17, 15) is 9.90 Å². The van der Waals surface area contributed by atoms with Crippen LogP contribution < -0.4 is 5.32 Å². The third kappa shape index (κ3) is 4.63. The molecule has 1 aromatic carbocycles. The number of aryl methyl sites for hydroxylation is 1. The number of hydrogen-bond acceptors (Lipinski definition) is 5. The molecular formula is C18H24N2O3S. The normalized spacial score (nSPS) is 14.9. The van der Waals surface area contributed by atoms with E-state index in [1.54, 1.807) is 14.0 Å². The summed E-state index contributed by atoms with van der Waals surface area (Å²) in [5, 5.41) is 14.0. The number of thiazole rings is 1. The fraction of sp³-hybridized carbons (Fsp3) is 0.444. The lowest BCUT2D eigenvalue weighted by atomic mass is 10.0. The maximum Gasteiger partial charge on any atom is 0.263 e. The summed E-state index contributed by atoms with van der Waals surface area (Å²) in [7, 11) is 1.61. The molecule has 5 nitrogen and oxygen atoms in total. The molecule has 0 aliphatic rings. The lowest BCUT2D eigenvalue weighted by Gasteiger charge is -2.20. The molecular weight excluding hydrogens is 324 g/mol. The summed E-state index contributed by atoms with van der Waals surface area (Å²) in [5.41, 5.74) is 1.72. The summed E-state index contributed by atoms with van der Waals surface area (Å²) >= 11 is 1.33. The van der Waals surface area contributed by atoms with Crippen LogP contribution >= 0.6 is 11.3 Å². The fourth-order valence-corrected chi connectivity index (χ4v) is 3.30. The lowest BCUT2D eigenvalue weighted by molar-refractivity contribution is 0.0855. The van der Waals surface area contributed by atoms with Gasteiger partial charge in [-0.25, -0.2) is 4.98 Å². The molecule has 0 radical (unpaired) electrons. The number of benzene rings is 1. The molecule has 0 fully saturated rings. The lowest BCUT2D eigenvalue weighted by Crippen LogP contribution is -2.42. The van der Waals surface area contributed by atoms with Gasteiger partial charge < -0.3 is 15.2 Å². The third-order valence-corrected chi connectivity index (χ3v) is 5.26. The Kier molecular flexibility index (Phi) is 6.48. The number of carbonyl (C=O) groups is 1. The van der Waals surface area contributed by atoms with Crippen LogP contribution in [0.3, 0.4) is 0 Å². The number of aromatic nitrogens is 1. The van der Waals surface area contributed by atoms with Crippen LogP contribution in [0.25, 0.3) is 0 Å². The monoisotopic (exact) mass is 348 g/mol.